The molecule has 3 aromatic rings. The summed E-state index contributed by atoms with van der Waals surface area (Å²) in [6.07, 6.45) is 1.35. The summed E-state index contributed by atoms with van der Waals surface area (Å²) in [5.41, 5.74) is 4.48. The van der Waals surface area contributed by atoms with Gasteiger partial charge in [0.1, 0.15) is 11.5 Å². The number of nitro groups is 1. The van der Waals surface area contributed by atoms with Crippen molar-refractivity contribution in [2.45, 2.75) is 6.92 Å². The number of amides is 1. The highest BCUT2D eigenvalue weighted by atomic mass is 16.6. The molecule has 0 saturated heterocycles. The lowest BCUT2D eigenvalue weighted by molar-refractivity contribution is -0.384. The molecule has 0 atom stereocenters. The minimum atomic E-state index is -0.541. The monoisotopic (exact) mass is 432 g/mol. The molecule has 1 amide bonds. The van der Waals surface area contributed by atoms with Crippen LogP contribution in [-0.4, -0.2) is 34.5 Å². The van der Waals surface area contributed by atoms with E-state index in [4.69, 9.17) is 4.74 Å². The maximum Gasteiger partial charge on any atom is 0.277 e. The van der Waals surface area contributed by atoms with Crippen LogP contribution in [0.1, 0.15) is 18.1 Å². The third-order valence-electron chi connectivity index (χ3n) is 4.32. The van der Waals surface area contributed by atoms with Crippen LogP contribution < -0.4 is 10.2 Å². The van der Waals surface area contributed by atoms with Crippen molar-refractivity contribution < 1.29 is 19.6 Å². The summed E-state index contributed by atoms with van der Waals surface area (Å²) in [5, 5.41) is 24.8. The molecule has 9 nitrogen and oxygen atoms in total. The van der Waals surface area contributed by atoms with Crippen molar-refractivity contribution in [2.24, 2.45) is 10.1 Å². The standard InChI is InChI=1S/C23H20N4O5/c1-16(25-26-23(29)15-32-21-5-3-2-4-6-21)17-7-9-19(10-8-17)24-14-18-13-20(27(30)31)11-12-22(18)28/h2-14,28H,15H2,1H3,(H,26,29). The van der Waals surface area contributed by atoms with Crippen LogP contribution >= 0.6 is 0 Å². The van der Waals surface area contributed by atoms with E-state index in [9.17, 15) is 20.0 Å². The van der Waals surface area contributed by atoms with Crippen LogP contribution in [0.15, 0.2) is 82.9 Å². The molecule has 2 N–H and O–H groups in total. The zero-order valence-corrected chi connectivity index (χ0v) is 17.1. The van der Waals surface area contributed by atoms with Crippen molar-refractivity contribution in [3.05, 3.63) is 94.0 Å². The van der Waals surface area contributed by atoms with Crippen molar-refractivity contribution in [1.82, 2.24) is 5.43 Å². The Labute approximate surface area is 183 Å². The summed E-state index contributed by atoms with van der Waals surface area (Å²) in [5.74, 6) is 0.107. The molecule has 0 heterocycles. The number of carbonyl (C=O) groups is 1. The Morgan fingerprint density at radius 3 is 2.53 bits per heavy atom. The van der Waals surface area contributed by atoms with Crippen molar-refractivity contribution >= 4 is 29.2 Å². The van der Waals surface area contributed by atoms with E-state index in [0.29, 0.717) is 17.1 Å². The van der Waals surface area contributed by atoms with Gasteiger partial charge in [0.15, 0.2) is 6.61 Å². The number of phenolic OH excluding ortho intramolecular Hbond substituents is 1. The molecule has 0 aliphatic heterocycles. The number of aliphatic imine (C=N–C) groups is 1. The van der Waals surface area contributed by atoms with E-state index in [1.54, 1.807) is 43.3 Å². The average Bonchev–Trinajstić information content (AvgIpc) is 2.81. The van der Waals surface area contributed by atoms with Gasteiger partial charge in [-0.15, -0.1) is 0 Å². The molecule has 9 heteroatoms. The second kappa shape index (κ2) is 10.5. The van der Waals surface area contributed by atoms with Crippen LogP contribution in [0.3, 0.4) is 0 Å². The van der Waals surface area contributed by atoms with E-state index >= 15 is 0 Å². The summed E-state index contributed by atoms with van der Waals surface area (Å²) in [6.45, 7) is 1.59. The van der Waals surface area contributed by atoms with Gasteiger partial charge in [-0.05, 0) is 42.8 Å². The van der Waals surface area contributed by atoms with Crippen molar-refractivity contribution in [1.29, 1.82) is 0 Å². The van der Waals surface area contributed by atoms with Gasteiger partial charge in [0, 0.05) is 23.9 Å². The Morgan fingerprint density at radius 2 is 1.84 bits per heavy atom. The van der Waals surface area contributed by atoms with Gasteiger partial charge in [-0.2, -0.15) is 5.10 Å². The first kappa shape index (κ1) is 22.2. The number of ether oxygens (including phenoxy) is 1. The molecule has 0 aliphatic carbocycles. The van der Waals surface area contributed by atoms with Crippen LogP contribution in [-0.2, 0) is 4.79 Å². The van der Waals surface area contributed by atoms with Crippen LogP contribution in [0.25, 0.3) is 0 Å². The van der Waals surface area contributed by atoms with Crippen molar-refractivity contribution in [2.75, 3.05) is 6.61 Å². The number of nitro benzene ring substituents is 1. The van der Waals surface area contributed by atoms with Crippen LogP contribution in [0.2, 0.25) is 0 Å². The summed E-state index contributed by atoms with van der Waals surface area (Å²) >= 11 is 0. The molecule has 0 unspecified atom stereocenters. The van der Waals surface area contributed by atoms with Gasteiger partial charge in [-0.25, -0.2) is 5.43 Å². The first-order valence-corrected chi connectivity index (χ1v) is 9.55. The fraction of sp³-hybridized carbons (Fsp3) is 0.0870. The van der Waals surface area contributed by atoms with Crippen molar-refractivity contribution in [3.8, 4) is 11.5 Å². The summed E-state index contributed by atoms with van der Waals surface area (Å²) in [7, 11) is 0. The zero-order chi connectivity index (χ0) is 22.9. The molecular weight excluding hydrogens is 412 g/mol. The smallest absolute Gasteiger partial charge is 0.277 e. The van der Waals surface area contributed by atoms with Gasteiger partial charge in [-0.1, -0.05) is 30.3 Å². The van der Waals surface area contributed by atoms with Gasteiger partial charge < -0.3 is 9.84 Å². The van der Waals surface area contributed by atoms with Gasteiger partial charge in [0.25, 0.3) is 11.6 Å². The Balaban J connectivity index is 1.58. The molecule has 162 valence electrons. The molecule has 0 saturated carbocycles. The minimum Gasteiger partial charge on any atom is -0.507 e. The molecule has 3 aromatic carbocycles. The number of hydrogen-bond donors (Lipinski definition) is 2. The Bertz CT molecular complexity index is 1160. The van der Waals surface area contributed by atoms with Gasteiger partial charge in [-0.3, -0.25) is 19.9 Å². The first-order chi connectivity index (χ1) is 15.4. The highest BCUT2D eigenvalue weighted by molar-refractivity contribution is 5.99. The number of nitrogens with one attached hydrogen (secondary N) is 1. The highest BCUT2D eigenvalue weighted by Gasteiger charge is 2.09. The van der Waals surface area contributed by atoms with Gasteiger partial charge in [0.2, 0.25) is 0 Å². The van der Waals surface area contributed by atoms with Crippen molar-refractivity contribution in [3.63, 3.8) is 0 Å². The first-order valence-electron chi connectivity index (χ1n) is 9.55. The van der Waals surface area contributed by atoms with E-state index in [1.165, 1.54) is 24.4 Å². The number of rotatable bonds is 8. The molecule has 0 aliphatic rings. The van der Waals surface area contributed by atoms with E-state index in [0.717, 1.165) is 5.56 Å². The number of non-ortho nitro benzene ring substituents is 1. The second-order valence-electron chi connectivity index (χ2n) is 6.64. The molecule has 0 fully saturated rings. The predicted octanol–water partition coefficient (Wildman–Crippen LogP) is 3.97. The van der Waals surface area contributed by atoms with E-state index in [1.807, 2.05) is 18.2 Å². The number of hydrogen-bond acceptors (Lipinski definition) is 7. The van der Waals surface area contributed by atoms with Crippen LogP contribution in [0, 0.1) is 10.1 Å². The Morgan fingerprint density at radius 1 is 1.12 bits per heavy atom. The summed E-state index contributed by atoms with van der Waals surface area (Å²) in [4.78, 5) is 26.5. The highest BCUT2D eigenvalue weighted by Crippen LogP contribution is 2.22. The molecule has 0 spiro atoms. The number of para-hydroxylation sites is 1. The lowest BCUT2D eigenvalue weighted by Crippen LogP contribution is -2.25. The third kappa shape index (κ3) is 6.23. The molecule has 32 heavy (non-hydrogen) atoms. The minimum absolute atomic E-state index is 0.106. The summed E-state index contributed by atoms with van der Waals surface area (Å²) in [6, 6.07) is 19.7. The largest absolute Gasteiger partial charge is 0.507 e. The van der Waals surface area contributed by atoms with E-state index in [-0.39, 0.29) is 29.5 Å². The van der Waals surface area contributed by atoms with Crippen LogP contribution in [0.5, 0.6) is 11.5 Å². The normalized spacial score (nSPS) is 11.3. The second-order valence-corrected chi connectivity index (χ2v) is 6.64. The number of aromatic hydroxyl groups is 1. The lowest BCUT2D eigenvalue weighted by Gasteiger charge is -2.06. The maximum absolute atomic E-state index is 11.9. The van der Waals surface area contributed by atoms with Gasteiger partial charge in [0.05, 0.1) is 16.3 Å². The fourth-order valence-electron chi connectivity index (χ4n) is 2.60. The zero-order valence-electron chi connectivity index (χ0n) is 17.1. The Hall–Kier alpha value is -4.53. The number of nitrogens with zero attached hydrogens (tertiary/aromatic N) is 3. The fourth-order valence-corrected chi connectivity index (χ4v) is 2.60. The van der Waals surface area contributed by atoms with E-state index < -0.39 is 4.92 Å². The molecule has 0 aromatic heterocycles. The maximum atomic E-state index is 11.9. The SMILES string of the molecule is CC(=NNC(=O)COc1ccccc1)c1ccc(N=Cc2cc([N+](=O)[O-])ccc2O)cc1. The molecule has 0 radical (unpaired) electrons. The number of hydrazone groups is 1. The van der Waals surface area contributed by atoms with Crippen LogP contribution in [0.4, 0.5) is 11.4 Å². The molecule has 0 bridgehead atoms. The number of benzene rings is 3. The average molecular weight is 432 g/mol. The summed E-state index contributed by atoms with van der Waals surface area (Å²) < 4.78 is 5.36. The third-order valence-corrected chi connectivity index (χ3v) is 4.32. The topological polar surface area (TPSA) is 126 Å². The lowest BCUT2D eigenvalue weighted by atomic mass is 10.1. The Kier molecular flexibility index (Phi) is 7.26. The number of phenols is 1. The molecule has 3 rings (SSSR count). The van der Waals surface area contributed by atoms with E-state index in [2.05, 4.69) is 15.5 Å². The predicted molar refractivity (Wildman–Crippen MR) is 121 cm³/mol. The number of carbonyl (C=O) groups excluding carboxylic acids is 1. The quantitative estimate of drug-likeness (QED) is 0.316. The van der Waals surface area contributed by atoms with Gasteiger partial charge >= 0.3 is 0 Å². The molecular formula is C23H20N4O5.